The number of carbonyl (C=O) groups excluding carboxylic acids is 2. The Bertz CT molecular complexity index is 381. The van der Waals surface area contributed by atoms with Gasteiger partial charge in [-0.1, -0.05) is 12.1 Å². The van der Waals surface area contributed by atoms with E-state index >= 15 is 0 Å². The van der Waals surface area contributed by atoms with E-state index in [1.54, 1.807) is 30.2 Å². The molecular weight excluding hydrogens is 180 g/mol. The Hall–Kier alpha value is -2.06. The quantitative estimate of drug-likeness (QED) is 0.682. The Kier molecular flexibility index (Phi) is 3.47. The lowest BCUT2D eigenvalue weighted by atomic mass is 10.1. The van der Waals surface area contributed by atoms with Crippen LogP contribution in [0.3, 0.4) is 0 Å². The van der Waals surface area contributed by atoms with Crippen LogP contribution < -0.4 is 11.1 Å². The second kappa shape index (κ2) is 4.84. The number of benzene rings is 1. The summed E-state index contributed by atoms with van der Waals surface area (Å²) in [4.78, 5) is 20.9. The summed E-state index contributed by atoms with van der Waals surface area (Å²) < 4.78 is 0. The lowest BCUT2D eigenvalue weighted by Crippen LogP contribution is -2.14. The van der Waals surface area contributed by atoms with Gasteiger partial charge in [-0.25, -0.2) is 4.79 Å². The topological polar surface area (TPSA) is 72.2 Å². The smallest absolute Gasteiger partial charge is 0.250 e. The van der Waals surface area contributed by atoms with Crippen LogP contribution in [0.2, 0.25) is 0 Å². The minimum Gasteiger partial charge on any atom is -0.380 e. The zero-order chi connectivity index (χ0) is 10.4. The first-order valence-corrected chi connectivity index (χ1v) is 4.07. The van der Waals surface area contributed by atoms with Gasteiger partial charge in [-0.3, -0.25) is 4.79 Å². The largest absolute Gasteiger partial charge is 0.380 e. The monoisotopic (exact) mass is 190 g/mol. The second-order valence-corrected chi connectivity index (χ2v) is 2.61. The van der Waals surface area contributed by atoms with Crippen LogP contribution in [0.4, 0.5) is 5.69 Å². The molecule has 4 heteroatoms. The third-order valence-electron chi connectivity index (χ3n) is 1.67. The van der Waals surface area contributed by atoms with Crippen LogP contribution >= 0.6 is 0 Å². The number of nitrogens with one attached hydrogen (secondary N) is 1. The third-order valence-corrected chi connectivity index (χ3v) is 1.67. The molecule has 0 saturated carbocycles. The number of para-hydroxylation sites is 1. The number of nitrogens with two attached hydrogens (primary N) is 1. The highest BCUT2D eigenvalue weighted by Gasteiger charge is 2.04. The zero-order valence-electron chi connectivity index (χ0n) is 7.49. The average molecular weight is 190 g/mol. The normalized spacial score (nSPS) is 8.86. The summed E-state index contributed by atoms with van der Waals surface area (Å²) in [5.41, 5.74) is 6.18. The van der Waals surface area contributed by atoms with Crippen LogP contribution in [0.5, 0.6) is 0 Å². The van der Waals surface area contributed by atoms with Crippen molar-refractivity contribution in [3.8, 4) is 0 Å². The summed E-state index contributed by atoms with van der Waals surface area (Å²) in [5.74, 6) is 1.14. The van der Waals surface area contributed by atoms with Gasteiger partial charge in [-0.15, -0.1) is 0 Å². The van der Waals surface area contributed by atoms with Crippen molar-refractivity contribution in [2.45, 2.75) is 0 Å². The van der Waals surface area contributed by atoms with Crippen molar-refractivity contribution in [3.05, 3.63) is 35.9 Å². The molecule has 4 nitrogen and oxygen atoms in total. The molecule has 0 atom stereocenters. The molecule has 14 heavy (non-hydrogen) atoms. The summed E-state index contributed by atoms with van der Waals surface area (Å²) in [5, 5.41) is 2.88. The minimum atomic E-state index is -0.497. The summed E-state index contributed by atoms with van der Waals surface area (Å²) in [6.45, 7) is 0.327. The van der Waals surface area contributed by atoms with Crippen LogP contribution in [0.1, 0.15) is 10.4 Å². The maximum absolute atomic E-state index is 10.9. The van der Waals surface area contributed by atoms with E-state index in [-0.39, 0.29) is 0 Å². The van der Waals surface area contributed by atoms with E-state index in [1.165, 1.54) is 6.08 Å². The number of hydrogen-bond acceptors (Lipinski definition) is 3. The van der Waals surface area contributed by atoms with Gasteiger partial charge >= 0.3 is 0 Å². The fourth-order valence-electron chi connectivity index (χ4n) is 1.05. The molecule has 0 heterocycles. The van der Waals surface area contributed by atoms with E-state index in [2.05, 4.69) is 5.32 Å². The van der Waals surface area contributed by atoms with Gasteiger partial charge in [0.25, 0.3) is 5.91 Å². The number of anilines is 1. The van der Waals surface area contributed by atoms with Crippen LogP contribution in [0, 0.1) is 0 Å². The molecule has 1 aromatic carbocycles. The highest BCUT2D eigenvalue weighted by molar-refractivity contribution is 5.98. The molecule has 1 amide bonds. The van der Waals surface area contributed by atoms with Crippen LogP contribution in [0.25, 0.3) is 0 Å². The molecule has 1 aromatic rings. The van der Waals surface area contributed by atoms with E-state index in [1.807, 2.05) is 0 Å². The standard InChI is InChI=1S/C10H10N2O2/c11-10(14)8-4-1-2-5-9(8)12-6-3-7-13/h1-5,12H,6H2,(H2,11,14). The van der Waals surface area contributed by atoms with Gasteiger partial charge in [0.2, 0.25) is 0 Å². The van der Waals surface area contributed by atoms with Crippen molar-refractivity contribution < 1.29 is 9.59 Å². The first kappa shape index (κ1) is 10.0. The molecule has 0 saturated heterocycles. The van der Waals surface area contributed by atoms with E-state index in [4.69, 9.17) is 5.73 Å². The summed E-state index contributed by atoms with van der Waals surface area (Å²) >= 11 is 0. The van der Waals surface area contributed by atoms with Crippen molar-refractivity contribution in [1.29, 1.82) is 0 Å². The molecular formula is C10H10N2O2. The molecule has 0 aromatic heterocycles. The maximum Gasteiger partial charge on any atom is 0.250 e. The first-order chi connectivity index (χ1) is 6.75. The van der Waals surface area contributed by atoms with Gasteiger partial charge in [0.05, 0.1) is 5.56 Å². The Morgan fingerprint density at radius 1 is 1.50 bits per heavy atom. The maximum atomic E-state index is 10.9. The predicted molar refractivity (Wildman–Crippen MR) is 53.7 cm³/mol. The summed E-state index contributed by atoms with van der Waals surface area (Å²) in [7, 11) is 0. The lowest BCUT2D eigenvalue weighted by molar-refractivity contribution is 0.100. The molecule has 0 radical (unpaired) electrons. The van der Waals surface area contributed by atoms with Crippen LogP contribution in [0.15, 0.2) is 30.3 Å². The highest BCUT2D eigenvalue weighted by atomic mass is 16.1. The van der Waals surface area contributed by atoms with E-state index in [9.17, 15) is 9.59 Å². The number of rotatable bonds is 4. The van der Waals surface area contributed by atoms with Gasteiger partial charge in [0.15, 0.2) is 0 Å². The van der Waals surface area contributed by atoms with Gasteiger partial charge < -0.3 is 11.1 Å². The highest BCUT2D eigenvalue weighted by Crippen LogP contribution is 2.13. The molecule has 72 valence electrons. The second-order valence-electron chi connectivity index (χ2n) is 2.61. The van der Waals surface area contributed by atoms with Crippen molar-refractivity contribution >= 4 is 17.5 Å². The molecule has 0 aliphatic carbocycles. The molecule has 3 N–H and O–H groups in total. The Labute approximate surface area is 81.4 Å². The fraction of sp³-hybridized carbons (Fsp3) is 0.100. The van der Waals surface area contributed by atoms with Crippen molar-refractivity contribution in [1.82, 2.24) is 0 Å². The molecule has 0 aliphatic rings. The minimum absolute atomic E-state index is 0.327. The van der Waals surface area contributed by atoms with Crippen LogP contribution in [-0.2, 0) is 4.79 Å². The van der Waals surface area contributed by atoms with Crippen LogP contribution in [-0.4, -0.2) is 18.4 Å². The third kappa shape index (κ3) is 2.47. The van der Waals surface area contributed by atoms with Gasteiger partial charge in [0.1, 0.15) is 5.94 Å². The molecule has 0 bridgehead atoms. The number of amides is 1. The van der Waals surface area contributed by atoms with E-state index < -0.39 is 5.91 Å². The predicted octanol–water partition coefficient (Wildman–Crippen LogP) is 0.585. The average Bonchev–Trinajstić information content (AvgIpc) is 2.19. The lowest BCUT2D eigenvalue weighted by Gasteiger charge is -2.06. The molecule has 0 unspecified atom stereocenters. The van der Waals surface area contributed by atoms with Gasteiger partial charge in [-0.2, -0.15) is 0 Å². The van der Waals surface area contributed by atoms with Gasteiger partial charge in [0, 0.05) is 18.3 Å². The Balaban J connectivity index is 2.84. The summed E-state index contributed by atoms with van der Waals surface area (Å²) in [6.07, 6.45) is 1.29. The van der Waals surface area contributed by atoms with E-state index in [0.29, 0.717) is 17.8 Å². The van der Waals surface area contributed by atoms with Crippen molar-refractivity contribution in [2.75, 3.05) is 11.9 Å². The van der Waals surface area contributed by atoms with E-state index in [0.717, 1.165) is 0 Å². The fourth-order valence-corrected chi connectivity index (χ4v) is 1.05. The van der Waals surface area contributed by atoms with Gasteiger partial charge in [-0.05, 0) is 12.1 Å². The molecule has 0 spiro atoms. The molecule has 0 fully saturated rings. The summed E-state index contributed by atoms with van der Waals surface area (Å²) in [6, 6.07) is 6.84. The number of carbonyl (C=O) groups is 1. The SMILES string of the molecule is NC(=O)c1ccccc1NCC=C=O. The number of primary amides is 1. The van der Waals surface area contributed by atoms with Crippen molar-refractivity contribution in [3.63, 3.8) is 0 Å². The Morgan fingerprint density at radius 3 is 2.86 bits per heavy atom. The first-order valence-electron chi connectivity index (χ1n) is 4.07. The number of hydrogen-bond donors (Lipinski definition) is 2. The molecule has 1 rings (SSSR count). The van der Waals surface area contributed by atoms with Crippen molar-refractivity contribution in [2.24, 2.45) is 5.73 Å². The Morgan fingerprint density at radius 2 is 2.21 bits per heavy atom. The molecule has 0 aliphatic heterocycles. The zero-order valence-corrected chi connectivity index (χ0v) is 7.49.